The second-order valence-corrected chi connectivity index (χ2v) is 3.42. The van der Waals surface area contributed by atoms with Crippen molar-refractivity contribution < 1.29 is 10.2 Å². The number of phenolic OH excluding ortho intramolecular Hbond substituents is 1. The molecular formula is C12H13NO2. The number of aliphatic hydroxyl groups is 1. The van der Waals surface area contributed by atoms with Gasteiger partial charge in [-0.1, -0.05) is 24.3 Å². The summed E-state index contributed by atoms with van der Waals surface area (Å²) in [7, 11) is 0. The molecule has 0 fully saturated rings. The SMILES string of the molecule is OCC1C=CC=C(c2ccccc2O)N1. The van der Waals surface area contributed by atoms with Crippen LogP contribution in [-0.4, -0.2) is 22.9 Å². The van der Waals surface area contributed by atoms with Gasteiger partial charge in [0.15, 0.2) is 0 Å². The Morgan fingerprint density at radius 1 is 1.27 bits per heavy atom. The van der Waals surface area contributed by atoms with Crippen LogP contribution in [0.1, 0.15) is 5.56 Å². The molecule has 0 amide bonds. The first-order valence-electron chi connectivity index (χ1n) is 4.85. The third-order valence-electron chi connectivity index (χ3n) is 2.34. The molecule has 1 aromatic carbocycles. The van der Waals surface area contributed by atoms with E-state index in [9.17, 15) is 5.11 Å². The van der Waals surface area contributed by atoms with Crippen molar-refractivity contribution in [2.45, 2.75) is 6.04 Å². The normalized spacial score (nSPS) is 19.5. The minimum Gasteiger partial charge on any atom is -0.507 e. The summed E-state index contributed by atoms with van der Waals surface area (Å²) in [6.07, 6.45) is 5.63. The number of aliphatic hydroxyl groups excluding tert-OH is 1. The Hall–Kier alpha value is -1.74. The van der Waals surface area contributed by atoms with Crippen molar-refractivity contribution in [2.75, 3.05) is 6.61 Å². The Labute approximate surface area is 88.4 Å². The zero-order chi connectivity index (χ0) is 10.7. The minimum absolute atomic E-state index is 0.0431. The zero-order valence-electron chi connectivity index (χ0n) is 8.22. The van der Waals surface area contributed by atoms with E-state index < -0.39 is 0 Å². The van der Waals surface area contributed by atoms with E-state index in [1.165, 1.54) is 0 Å². The molecule has 1 atom stereocenters. The number of rotatable bonds is 2. The molecule has 3 heteroatoms. The largest absolute Gasteiger partial charge is 0.507 e. The summed E-state index contributed by atoms with van der Waals surface area (Å²) >= 11 is 0. The molecular weight excluding hydrogens is 190 g/mol. The maximum absolute atomic E-state index is 9.65. The van der Waals surface area contributed by atoms with Crippen LogP contribution in [0.5, 0.6) is 5.75 Å². The van der Waals surface area contributed by atoms with Gasteiger partial charge in [0.25, 0.3) is 0 Å². The highest BCUT2D eigenvalue weighted by molar-refractivity contribution is 5.71. The number of benzene rings is 1. The number of phenols is 1. The second kappa shape index (κ2) is 4.19. The predicted octanol–water partition coefficient (Wildman–Crippen LogP) is 1.25. The lowest BCUT2D eigenvalue weighted by atomic mass is 10.1. The van der Waals surface area contributed by atoms with Gasteiger partial charge in [-0.15, -0.1) is 0 Å². The fourth-order valence-corrected chi connectivity index (χ4v) is 1.56. The molecule has 1 aliphatic rings. The molecule has 1 unspecified atom stereocenters. The minimum atomic E-state index is -0.0791. The van der Waals surface area contributed by atoms with E-state index in [1.54, 1.807) is 12.1 Å². The van der Waals surface area contributed by atoms with Gasteiger partial charge in [0.1, 0.15) is 5.75 Å². The van der Waals surface area contributed by atoms with E-state index in [0.717, 1.165) is 11.3 Å². The topological polar surface area (TPSA) is 52.5 Å². The molecule has 0 radical (unpaired) electrons. The average Bonchev–Trinajstić information content (AvgIpc) is 2.30. The molecule has 2 rings (SSSR count). The van der Waals surface area contributed by atoms with Crippen LogP contribution >= 0.6 is 0 Å². The summed E-state index contributed by atoms with van der Waals surface area (Å²) in [4.78, 5) is 0. The number of aromatic hydroxyl groups is 1. The van der Waals surface area contributed by atoms with Crippen LogP contribution in [0.2, 0.25) is 0 Å². The Morgan fingerprint density at radius 3 is 2.80 bits per heavy atom. The van der Waals surface area contributed by atoms with Gasteiger partial charge >= 0.3 is 0 Å². The van der Waals surface area contributed by atoms with E-state index in [4.69, 9.17) is 5.11 Å². The van der Waals surface area contributed by atoms with Crippen LogP contribution < -0.4 is 5.32 Å². The van der Waals surface area contributed by atoms with Crippen molar-refractivity contribution in [2.24, 2.45) is 0 Å². The van der Waals surface area contributed by atoms with Gasteiger partial charge < -0.3 is 15.5 Å². The van der Waals surface area contributed by atoms with E-state index in [0.29, 0.717) is 0 Å². The van der Waals surface area contributed by atoms with Crippen LogP contribution in [0, 0.1) is 0 Å². The quantitative estimate of drug-likeness (QED) is 0.678. The molecule has 0 spiro atoms. The van der Waals surface area contributed by atoms with Crippen LogP contribution in [0.4, 0.5) is 0 Å². The highest BCUT2D eigenvalue weighted by atomic mass is 16.3. The van der Waals surface area contributed by atoms with Gasteiger partial charge in [0, 0.05) is 11.3 Å². The Bertz CT molecular complexity index is 410. The first-order chi connectivity index (χ1) is 7.31. The molecule has 0 bridgehead atoms. The number of allylic oxidation sites excluding steroid dienone is 2. The van der Waals surface area contributed by atoms with Crippen LogP contribution in [0.15, 0.2) is 42.5 Å². The monoisotopic (exact) mass is 203 g/mol. The second-order valence-electron chi connectivity index (χ2n) is 3.42. The van der Waals surface area contributed by atoms with E-state index in [-0.39, 0.29) is 18.4 Å². The summed E-state index contributed by atoms with van der Waals surface area (Å²) < 4.78 is 0. The summed E-state index contributed by atoms with van der Waals surface area (Å²) in [6, 6.07) is 7.04. The molecule has 15 heavy (non-hydrogen) atoms. The van der Waals surface area contributed by atoms with Gasteiger partial charge in [0.05, 0.1) is 12.6 Å². The van der Waals surface area contributed by atoms with Crippen molar-refractivity contribution in [3.63, 3.8) is 0 Å². The summed E-state index contributed by atoms with van der Waals surface area (Å²) in [6.45, 7) is 0.0431. The fraction of sp³-hybridized carbons (Fsp3) is 0.167. The molecule has 78 valence electrons. The Balaban J connectivity index is 2.29. The lowest BCUT2D eigenvalue weighted by Crippen LogP contribution is -2.30. The van der Waals surface area contributed by atoms with Gasteiger partial charge in [0.2, 0.25) is 0 Å². The van der Waals surface area contributed by atoms with Crippen molar-refractivity contribution >= 4 is 5.70 Å². The Kier molecular flexibility index (Phi) is 2.74. The molecule has 3 N–H and O–H groups in total. The molecule has 1 aliphatic heterocycles. The molecule has 1 heterocycles. The summed E-state index contributed by atoms with van der Waals surface area (Å²) in [5.41, 5.74) is 1.58. The van der Waals surface area contributed by atoms with Crippen molar-refractivity contribution in [3.05, 3.63) is 48.1 Å². The predicted molar refractivity (Wildman–Crippen MR) is 59.2 cm³/mol. The van der Waals surface area contributed by atoms with E-state index in [2.05, 4.69) is 5.32 Å². The first kappa shape index (κ1) is 9.80. The van der Waals surface area contributed by atoms with E-state index in [1.807, 2.05) is 30.4 Å². The molecule has 0 aliphatic carbocycles. The first-order valence-corrected chi connectivity index (χ1v) is 4.85. The fourth-order valence-electron chi connectivity index (χ4n) is 1.56. The molecule has 0 aromatic heterocycles. The standard InChI is InChI=1S/C12H13NO2/c14-8-9-4-3-6-11(13-9)10-5-1-2-7-12(10)15/h1-7,9,13-15H,8H2. The van der Waals surface area contributed by atoms with Crippen LogP contribution in [0.25, 0.3) is 5.70 Å². The Morgan fingerprint density at radius 2 is 2.07 bits per heavy atom. The third kappa shape index (κ3) is 2.02. The van der Waals surface area contributed by atoms with Crippen molar-refractivity contribution in [1.82, 2.24) is 5.32 Å². The van der Waals surface area contributed by atoms with Crippen molar-refractivity contribution in [1.29, 1.82) is 0 Å². The maximum Gasteiger partial charge on any atom is 0.124 e. The summed E-state index contributed by atoms with van der Waals surface area (Å²) in [5.74, 6) is 0.239. The van der Waals surface area contributed by atoms with Crippen LogP contribution in [-0.2, 0) is 0 Å². The number of para-hydroxylation sites is 1. The zero-order valence-corrected chi connectivity index (χ0v) is 8.22. The number of hydrogen-bond donors (Lipinski definition) is 3. The number of hydrogen-bond acceptors (Lipinski definition) is 3. The van der Waals surface area contributed by atoms with Gasteiger partial charge in [-0.3, -0.25) is 0 Å². The molecule has 3 nitrogen and oxygen atoms in total. The van der Waals surface area contributed by atoms with Crippen molar-refractivity contribution in [3.8, 4) is 5.75 Å². The highest BCUT2D eigenvalue weighted by Gasteiger charge is 2.12. The lowest BCUT2D eigenvalue weighted by molar-refractivity contribution is 0.273. The van der Waals surface area contributed by atoms with Crippen LogP contribution in [0.3, 0.4) is 0 Å². The van der Waals surface area contributed by atoms with Gasteiger partial charge in [-0.2, -0.15) is 0 Å². The maximum atomic E-state index is 9.65. The molecule has 0 saturated heterocycles. The number of dihydropyridines is 1. The highest BCUT2D eigenvalue weighted by Crippen LogP contribution is 2.24. The molecule has 0 saturated carbocycles. The third-order valence-corrected chi connectivity index (χ3v) is 2.34. The number of nitrogens with one attached hydrogen (secondary N) is 1. The van der Waals surface area contributed by atoms with E-state index >= 15 is 0 Å². The smallest absolute Gasteiger partial charge is 0.124 e. The van der Waals surface area contributed by atoms with Gasteiger partial charge in [-0.25, -0.2) is 0 Å². The van der Waals surface area contributed by atoms with Gasteiger partial charge in [-0.05, 0) is 18.2 Å². The lowest BCUT2D eigenvalue weighted by Gasteiger charge is -2.20. The summed E-state index contributed by atoms with van der Waals surface area (Å²) in [5, 5.41) is 21.8. The molecule has 1 aromatic rings. The average molecular weight is 203 g/mol.